The van der Waals surface area contributed by atoms with Gasteiger partial charge in [-0.05, 0) is 0 Å². The molecule has 0 nitrogen and oxygen atoms in total. The van der Waals surface area contributed by atoms with Gasteiger partial charge in [-0.1, -0.05) is 244 Å². The Kier molecular flexibility index (Phi) is 29.4. The summed E-state index contributed by atoms with van der Waals surface area (Å²) in [7, 11) is 0. The molecular formula is C40H42. The third-order valence-electron chi connectivity index (χ3n) is 4.16. The van der Waals surface area contributed by atoms with Gasteiger partial charge < -0.3 is 0 Å². The number of allylic oxidation sites excluding steroid dienone is 38. The molecule has 0 rings (SSSR count). The fourth-order valence-electron chi connectivity index (χ4n) is 2.34. The molecule has 0 spiro atoms. The first-order chi connectivity index (χ1) is 19.9. The predicted molar refractivity (Wildman–Crippen MR) is 185 cm³/mol. The van der Waals surface area contributed by atoms with Crippen molar-refractivity contribution in [1.82, 2.24) is 0 Å². The molecule has 0 bridgehead atoms. The molecule has 0 radical (unpaired) electrons. The molecular weight excluding hydrogens is 480 g/mol. The minimum atomic E-state index is 1.75. The highest BCUT2D eigenvalue weighted by Crippen LogP contribution is 1.89. The van der Waals surface area contributed by atoms with Gasteiger partial charge in [0.05, 0.1) is 0 Å². The summed E-state index contributed by atoms with van der Waals surface area (Å²) in [4.78, 5) is 0. The summed E-state index contributed by atoms with van der Waals surface area (Å²) in [6.45, 7) is 7.24. The smallest absolute Gasteiger partial charge is 0.0623 e. The molecule has 0 aliphatic carbocycles. The Morgan fingerprint density at radius 2 is 0.200 bits per heavy atom. The summed E-state index contributed by atoms with van der Waals surface area (Å²) in [6, 6.07) is 0. The molecule has 0 N–H and O–H groups in total. The molecule has 0 aromatic heterocycles. The second-order valence-electron chi connectivity index (χ2n) is 7.40. The summed E-state index contributed by atoms with van der Waals surface area (Å²) in [6.07, 6.45) is 74.8. The predicted octanol–water partition coefficient (Wildman–Crippen LogP) is 11.4. The van der Waals surface area contributed by atoms with E-state index in [0.29, 0.717) is 0 Å². The van der Waals surface area contributed by atoms with Crippen molar-refractivity contribution >= 4 is 0 Å². The minimum absolute atomic E-state index is 1.75. The van der Waals surface area contributed by atoms with Crippen LogP contribution < -0.4 is 0 Å². The van der Waals surface area contributed by atoms with Gasteiger partial charge in [0.1, 0.15) is 0 Å². The summed E-state index contributed by atoms with van der Waals surface area (Å²) >= 11 is 0. The molecule has 202 valence electrons. The van der Waals surface area contributed by atoms with Gasteiger partial charge in [0.15, 0.2) is 0 Å². The van der Waals surface area contributed by atoms with Crippen LogP contribution in [0.15, 0.2) is 244 Å². The highest BCUT2D eigenvalue weighted by Gasteiger charge is 1.67. The Bertz CT molecular complexity index is 1090. The Hall–Kier alpha value is -5.20. The SMILES string of the molecule is C=C/C=C/C=C/C=C/C=C/C=C/C=C/C=C/C=C/C=C/C=C/C=C/C=C/C=C/C=C/C=C/C=C/C=C/C=C/C=C. The van der Waals surface area contributed by atoms with Crippen LogP contribution >= 0.6 is 0 Å². The topological polar surface area (TPSA) is 0 Å². The van der Waals surface area contributed by atoms with E-state index in [1.165, 1.54) is 0 Å². The molecule has 0 heterocycles. The van der Waals surface area contributed by atoms with E-state index in [-0.39, 0.29) is 0 Å². The van der Waals surface area contributed by atoms with E-state index in [9.17, 15) is 0 Å². The van der Waals surface area contributed by atoms with Crippen molar-refractivity contribution in [3.05, 3.63) is 244 Å². The lowest BCUT2D eigenvalue weighted by atomic mass is 10.3. The molecule has 0 atom stereocenters. The normalized spacial score (nSPS) is 14.9. The van der Waals surface area contributed by atoms with Crippen molar-refractivity contribution in [2.24, 2.45) is 0 Å². The highest BCUT2D eigenvalue weighted by molar-refractivity contribution is 5.25. The van der Waals surface area contributed by atoms with Crippen LogP contribution in [0.5, 0.6) is 0 Å². The van der Waals surface area contributed by atoms with Crippen molar-refractivity contribution in [1.29, 1.82) is 0 Å². The molecule has 40 heavy (non-hydrogen) atoms. The minimum Gasteiger partial charge on any atom is -0.0991 e. The average Bonchev–Trinajstić information content (AvgIpc) is 2.97. The van der Waals surface area contributed by atoms with E-state index < -0.39 is 0 Å². The lowest BCUT2D eigenvalue weighted by Gasteiger charge is -1.76. The van der Waals surface area contributed by atoms with E-state index in [0.717, 1.165) is 0 Å². The molecule has 0 saturated heterocycles. The van der Waals surface area contributed by atoms with Crippen LogP contribution in [0.4, 0.5) is 0 Å². The highest BCUT2D eigenvalue weighted by atomic mass is 13.7. The third-order valence-corrected chi connectivity index (χ3v) is 4.16. The van der Waals surface area contributed by atoms with Gasteiger partial charge in [0.2, 0.25) is 0 Å². The fraction of sp³-hybridized carbons (Fsp3) is 0. The van der Waals surface area contributed by atoms with Crippen molar-refractivity contribution in [2.45, 2.75) is 0 Å². The van der Waals surface area contributed by atoms with Crippen LogP contribution in [0, 0.1) is 0 Å². The number of hydrogen-bond donors (Lipinski definition) is 0. The zero-order chi connectivity index (χ0) is 28.9. The molecule has 0 aromatic rings. The molecule has 0 amide bonds. The van der Waals surface area contributed by atoms with Crippen LogP contribution in [-0.2, 0) is 0 Å². The molecule has 0 heteroatoms. The van der Waals surface area contributed by atoms with E-state index in [2.05, 4.69) is 13.2 Å². The first kappa shape index (κ1) is 34.8. The maximum Gasteiger partial charge on any atom is -0.0623 e. The third kappa shape index (κ3) is 32.8. The van der Waals surface area contributed by atoms with Crippen molar-refractivity contribution in [3.8, 4) is 0 Å². The summed E-state index contributed by atoms with van der Waals surface area (Å²) < 4.78 is 0. The van der Waals surface area contributed by atoms with Crippen molar-refractivity contribution < 1.29 is 0 Å². The van der Waals surface area contributed by atoms with Crippen LogP contribution in [0.25, 0.3) is 0 Å². The standard InChI is InChI=1S/C40H42/c1-3-5-7-9-11-13-15-17-19-21-23-25-27-29-31-33-35-37-39-40-38-36-34-32-30-28-26-24-22-20-18-16-14-12-10-8-6-4-2/h3-40H,1-2H2/b7-5+,8-6+,11-9+,12-10+,15-13+,16-14+,19-17+,20-18+,23-21+,24-22+,27-25+,28-26+,31-29+,32-30+,35-33+,36-34+,39-37+,40-38+. The lowest BCUT2D eigenvalue weighted by molar-refractivity contribution is 1.81. The van der Waals surface area contributed by atoms with Crippen LogP contribution in [0.2, 0.25) is 0 Å². The average molecular weight is 523 g/mol. The first-order valence-electron chi connectivity index (χ1n) is 13.1. The summed E-state index contributed by atoms with van der Waals surface area (Å²) in [5.41, 5.74) is 0. The maximum absolute atomic E-state index is 3.62. The van der Waals surface area contributed by atoms with E-state index in [1.54, 1.807) is 12.2 Å². The zero-order valence-electron chi connectivity index (χ0n) is 23.4. The van der Waals surface area contributed by atoms with Gasteiger partial charge in [0.25, 0.3) is 0 Å². The zero-order valence-corrected chi connectivity index (χ0v) is 23.4. The van der Waals surface area contributed by atoms with E-state index in [1.807, 2.05) is 219 Å². The fourth-order valence-corrected chi connectivity index (χ4v) is 2.34. The van der Waals surface area contributed by atoms with Crippen LogP contribution in [0.1, 0.15) is 0 Å². The van der Waals surface area contributed by atoms with Gasteiger partial charge in [0, 0.05) is 0 Å². The molecule has 0 fully saturated rings. The number of hydrogen-bond acceptors (Lipinski definition) is 0. The monoisotopic (exact) mass is 522 g/mol. The molecule has 0 aromatic carbocycles. The Labute approximate surface area is 243 Å². The summed E-state index contributed by atoms with van der Waals surface area (Å²) in [5, 5.41) is 0. The molecule has 0 aliphatic rings. The largest absolute Gasteiger partial charge is 0.0991 e. The Balaban J connectivity index is 4.02. The Morgan fingerprint density at radius 3 is 0.275 bits per heavy atom. The lowest BCUT2D eigenvalue weighted by Crippen LogP contribution is -1.55. The molecule has 0 saturated carbocycles. The quantitative estimate of drug-likeness (QED) is 0.148. The first-order valence-corrected chi connectivity index (χ1v) is 13.1. The van der Waals surface area contributed by atoms with Gasteiger partial charge >= 0.3 is 0 Å². The second-order valence-corrected chi connectivity index (χ2v) is 7.40. The van der Waals surface area contributed by atoms with Crippen molar-refractivity contribution in [3.63, 3.8) is 0 Å². The summed E-state index contributed by atoms with van der Waals surface area (Å²) in [5.74, 6) is 0. The molecule has 0 unspecified atom stereocenters. The second kappa shape index (κ2) is 33.8. The maximum atomic E-state index is 3.62. The molecule has 0 aliphatic heterocycles. The van der Waals surface area contributed by atoms with Crippen LogP contribution in [-0.4, -0.2) is 0 Å². The van der Waals surface area contributed by atoms with E-state index >= 15 is 0 Å². The van der Waals surface area contributed by atoms with Gasteiger partial charge in [-0.15, -0.1) is 0 Å². The van der Waals surface area contributed by atoms with Gasteiger partial charge in [-0.25, -0.2) is 0 Å². The van der Waals surface area contributed by atoms with Crippen molar-refractivity contribution in [2.75, 3.05) is 0 Å². The van der Waals surface area contributed by atoms with E-state index in [4.69, 9.17) is 0 Å². The van der Waals surface area contributed by atoms with Crippen LogP contribution in [0.3, 0.4) is 0 Å². The number of rotatable bonds is 19. The Morgan fingerprint density at radius 1 is 0.125 bits per heavy atom. The van der Waals surface area contributed by atoms with Gasteiger partial charge in [-0.3, -0.25) is 0 Å². The van der Waals surface area contributed by atoms with Gasteiger partial charge in [-0.2, -0.15) is 0 Å².